The highest BCUT2D eigenvalue weighted by atomic mass is 32.2. The summed E-state index contributed by atoms with van der Waals surface area (Å²) in [5, 5.41) is 4.26. The van der Waals surface area contributed by atoms with Gasteiger partial charge in [-0.2, -0.15) is 0 Å². The largest absolute Gasteiger partial charge is 0.316 e. The van der Waals surface area contributed by atoms with Crippen molar-refractivity contribution in [3.8, 4) is 0 Å². The molecule has 0 saturated heterocycles. The molecule has 1 aromatic carbocycles. The lowest BCUT2D eigenvalue weighted by Gasteiger charge is -2.24. The molecule has 1 aromatic rings. The summed E-state index contributed by atoms with van der Waals surface area (Å²) < 4.78 is 0. The first-order valence-corrected chi connectivity index (χ1v) is 8.00. The molecule has 0 bridgehead atoms. The second-order valence-corrected chi connectivity index (χ2v) is 6.75. The number of thioether (sulfide) groups is 1. The number of benzene rings is 1. The highest BCUT2D eigenvalue weighted by molar-refractivity contribution is 8.00. The monoisotopic (exact) mass is 263 g/mol. The van der Waals surface area contributed by atoms with Crippen LogP contribution in [0.25, 0.3) is 0 Å². The van der Waals surface area contributed by atoms with Crippen LogP contribution in [-0.2, 0) is 0 Å². The molecular formula is C16H25NS. The smallest absolute Gasteiger partial charge is 0.0248 e. The van der Waals surface area contributed by atoms with Crippen LogP contribution in [0.4, 0.5) is 0 Å². The first kappa shape index (κ1) is 14.0. The summed E-state index contributed by atoms with van der Waals surface area (Å²) in [6.07, 6.45) is 6.86. The van der Waals surface area contributed by atoms with Crippen LogP contribution < -0.4 is 5.32 Å². The zero-order valence-electron chi connectivity index (χ0n) is 11.8. The van der Waals surface area contributed by atoms with Crippen LogP contribution in [0.2, 0.25) is 0 Å². The van der Waals surface area contributed by atoms with Crippen LogP contribution in [0.15, 0.2) is 23.1 Å². The molecule has 100 valence electrons. The van der Waals surface area contributed by atoms with E-state index in [2.05, 4.69) is 56.2 Å². The summed E-state index contributed by atoms with van der Waals surface area (Å²) in [5.41, 5.74) is 2.81. The van der Waals surface area contributed by atoms with Crippen LogP contribution in [0.5, 0.6) is 0 Å². The Labute approximate surface area is 116 Å². The second kappa shape index (κ2) is 6.63. The summed E-state index contributed by atoms with van der Waals surface area (Å²) in [6, 6.07) is 7.56. The minimum atomic E-state index is 0.680. The summed E-state index contributed by atoms with van der Waals surface area (Å²) >= 11 is 2.07. The topological polar surface area (TPSA) is 12.0 Å². The van der Waals surface area contributed by atoms with Gasteiger partial charge in [-0.3, -0.25) is 0 Å². The van der Waals surface area contributed by atoms with Crippen LogP contribution in [0.1, 0.15) is 43.2 Å². The number of hydrogen-bond acceptors (Lipinski definition) is 2. The van der Waals surface area contributed by atoms with Gasteiger partial charge >= 0.3 is 0 Å². The molecule has 2 unspecified atom stereocenters. The Bertz CT molecular complexity index is 389. The molecule has 18 heavy (non-hydrogen) atoms. The molecular weight excluding hydrogens is 238 g/mol. The van der Waals surface area contributed by atoms with Crippen molar-refractivity contribution in [1.29, 1.82) is 0 Å². The predicted molar refractivity (Wildman–Crippen MR) is 81.5 cm³/mol. The van der Waals surface area contributed by atoms with E-state index in [1.54, 1.807) is 0 Å². The zero-order valence-corrected chi connectivity index (χ0v) is 12.6. The fourth-order valence-electron chi connectivity index (χ4n) is 2.71. The Hall–Kier alpha value is -0.470. The summed E-state index contributed by atoms with van der Waals surface area (Å²) in [7, 11) is 2.12. The van der Waals surface area contributed by atoms with Gasteiger partial charge in [-0.05, 0) is 57.0 Å². The van der Waals surface area contributed by atoms with Crippen LogP contribution in [-0.4, -0.2) is 18.3 Å². The first-order chi connectivity index (χ1) is 8.70. The third-order valence-electron chi connectivity index (χ3n) is 4.09. The van der Waals surface area contributed by atoms with Gasteiger partial charge in [-0.1, -0.05) is 25.3 Å². The maximum atomic E-state index is 3.52. The Morgan fingerprint density at radius 1 is 1.06 bits per heavy atom. The van der Waals surface area contributed by atoms with E-state index >= 15 is 0 Å². The van der Waals surface area contributed by atoms with E-state index in [1.165, 1.54) is 48.1 Å². The molecule has 1 nitrogen and oxygen atoms in total. The SMILES string of the molecule is CNC1CCCCCC1Sc1ccc(C)c(C)c1. The van der Waals surface area contributed by atoms with Gasteiger partial charge in [0.2, 0.25) is 0 Å². The normalized spacial score (nSPS) is 24.8. The average molecular weight is 263 g/mol. The zero-order chi connectivity index (χ0) is 13.0. The van der Waals surface area contributed by atoms with Crippen molar-refractivity contribution < 1.29 is 0 Å². The predicted octanol–water partition coefficient (Wildman–Crippen LogP) is 4.32. The van der Waals surface area contributed by atoms with Crippen molar-refractivity contribution in [2.45, 2.75) is 62.1 Å². The van der Waals surface area contributed by atoms with Gasteiger partial charge in [0.15, 0.2) is 0 Å². The molecule has 0 radical (unpaired) electrons. The lowest BCUT2D eigenvalue weighted by atomic mass is 10.1. The molecule has 0 spiro atoms. The Kier molecular flexibility index (Phi) is 5.13. The van der Waals surface area contributed by atoms with Gasteiger partial charge in [0.25, 0.3) is 0 Å². The molecule has 0 amide bonds. The molecule has 1 saturated carbocycles. The Balaban J connectivity index is 2.07. The summed E-state index contributed by atoms with van der Waals surface area (Å²) in [5.74, 6) is 0. The number of aryl methyl sites for hydroxylation is 2. The second-order valence-electron chi connectivity index (χ2n) is 5.44. The maximum absolute atomic E-state index is 3.52. The van der Waals surface area contributed by atoms with E-state index in [9.17, 15) is 0 Å². The Morgan fingerprint density at radius 2 is 1.83 bits per heavy atom. The minimum absolute atomic E-state index is 0.680. The van der Waals surface area contributed by atoms with Gasteiger partial charge in [-0.25, -0.2) is 0 Å². The van der Waals surface area contributed by atoms with Gasteiger partial charge in [-0.15, -0.1) is 11.8 Å². The van der Waals surface area contributed by atoms with Gasteiger partial charge in [0, 0.05) is 16.2 Å². The molecule has 1 N–H and O–H groups in total. The van der Waals surface area contributed by atoms with E-state index in [-0.39, 0.29) is 0 Å². The number of nitrogens with one attached hydrogen (secondary N) is 1. The molecule has 2 heteroatoms. The fraction of sp³-hybridized carbons (Fsp3) is 0.625. The van der Waals surface area contributed by atoms with Crippen molar-refractivity contribution >= 4 is 11.8 Å². The number of rotatable bonds is 3. The number of hydrogen-bond donors (Lipinski definition) is 1. The molecule has 0 heterocycles. The molecule has 2 atom stereocenters. The summed E-state index contributed by atoms with van der Waals surface area (Å²) in [4.78, 5) is 1.44. The lowest BCUT2D eigenvalue weighted by Crippen LogP contribution is -2.34. The third-order valence-corrected chi connectivity index (χ3v) is 5.48. The molecule has 0 aromatic heterocycles. The summed E-state index contributed by atoms with van der Waals surface area (Å²) in [6.45, 7) is 4.40. The molecule has 1 aliphatic rings. The highest BCUT2D eigenvalue weighted by Crippen LogP contribution is 2.33. The highest BCUT2D eigenvalue weighted by Gasteiger charge is 2.23. The fourth-order valence-corrected chi connectivity index (χ4v) is 4.17. The average Bonchev–Trinajstić information content (AvgIpc) is 2.59. The van der Waals surface area contributed by atoms with Crippen LogP contribution in [0.3, 0.4) is 0 Å². The van der Waals surface area contributed by atoms with Gasteiger partial charge in [0.05, 0.1) is 0 Å². The lowest BCUT2D eigenvalue weighted by molar-refractivity contribution is 0.510. The van der Waals surface area contributed by atoms with Gasteiger partial charge < -0.3 is 5.32 Å². The molecule has 1 fully saturated rings. The van der Waals surface area contributed by atoms with E-state index in [1.807, 2.05) is 0 Å². The van der Waals surface area contributed by atoms with Crippen molar-refractivity contribution in [3.05, 3.63) is 29.3 Å². The quantitative estimate of drug-likeness (QED) is 0.815. The molecule has 0 aliphatic heterocycles. The van der Waals surface area contributed by atoms with Crippen molar-refractivity contribution in [2.24, 2.45) is 0 Å². The van der Waals surface area contributed by atoms with Crippen LogP contribution in [0, 0.1) is 13.8 Å². The maximum Gasteiger partial charge on any atom is 0.0248 e. The van der Waals surface area contributed by atoms with E-state index in [4.69, 9.17) is 0 Å². The molecule has 2 rings (SSSR count). The first-order valence-electron chi connectivity index (χ1n) is 7.12. The third kappa shape index (κ3) is 3.52. The standard InChI is InChI=1S/C16H25NS/c1-12-9-10-14(11-13(12)2)18-16-8-6-4-5-7-15(16)17-3/h9-11,15-17H,4-8H2,1-3H3. The van der Waals surface area contributed by atoms with Crippen molar-refractivity contribution in [3.63, 3.8) is 0 Å². The Morgan fingerprint density at radius 3 is 2.56 bits per heavy atom. The molecule has 1 aliphatic carbocycles. The van der Waals surface area contributed by atoms with E-state index < -0.39 is 0 Å². The van der Waals surface area contributed by atoms with Gasteiger partial charge in [0.1, 0.15) is 0 Å². The van der Waals surface area contributed by atoms with Crippen molar-refractivity contribution in [2.75, 3.05) is 7.05 Å². The van der Waals surface area contributed by atoms with Crippen molar-refractivity contribution in [1.82, 2.24) is 5.32 Å². The minimum Gasteiger partial charge on any atom is -0.316 e. The van der Waals surface area contributed by atoms with E-state index in [0.717, 1.165) is 5.25 Å². The van der Waals surface area contributed by atoms with Crippen LogP contribution >= 0.6 is 11.8 Å². The van der Waals surface area contributed by atoms with E-state index in [0.29, 0.717) is 6.04 Å².